The van der Waals surface area contributed by atoms with E-state index in [1.54, 1.807) is 37.4 Å². The first kappa shape index (κ1) is 36.0. The molecular formula is C34H42Cl2F3NO3Si. The predicted molar refractivity (Wildman–Crippen MR) is 176 cm³/mol. The van der Waals surface area contributed by atoms with Crippen molar-refractivity contribution in [3.8, 4) is 5.75 Å². The number of aliphatic hydroxyl groups is 1. The van der Waals surface area contributed by atoms with Gasteiger partial charge >= 0.3 is 6.18 Å². The van der Waals surface area contributed by atoms with Gasteiger partial charge < -0.3 is 19.2 Å². The van der Waals surface area contributed by atoms with Gasteiger partial charge in [0.25, 0.3) is 0 Å². The quantitative estimate of drug-likeness (QED) is 0.146. The smallest absolute Gasteiger partial charge is 0.447 e. The monoisotopic (exact) mass is 667 g/mol. The second-order valence-corrected chi connectivity index (χ2v) is 18.1. The van der Waals surface area contributed by atoms with Gasteiger partial charge in [-0.2, -0.15) is 13.2 Å². The lowest BCUT2D eigenvalue weighted by atomic mass is 9.91. The molecule has 4 nitrogen and oxygen atoms in total. The lowest BCUT2D eigenvalue weighted by molar-refractivity contribution is -0.120. The molecule has 0 aliphatic carbocycles. The molecule has 0 spiro atoms. The van der Waals surface area contributed by atoms with Crippen molar-refractivity contribution in [2.45, 2.75) is 57.4 Å². The molecule has 240 valence electrons. The Labute approximate surface area is 270 Å². The number of aliphatic hydroxyl groups excluding tert-OH is 1. The summed E-state index contributed by atoms with van der Waals surface area (Å²) in [6.45, 7) is 10.2. The van der Waals surface area contributed by atoms with Crippen LogP contribution in [0.5, 0.6) is 5.75 Å². The van der Waals surface area contributed by atoms with Crippen molar-refractivity contribution in [2.24, 2.45) is 0 Å². The van der Waals surface area contributed by atoms with Gasteiger partial charge in [-0.1, -0.05) is 80.4 Å². The first-order valence-corrected chi connectivity index (χ1v) is 18.2. The van der Waals surface area contributed by atoms with Crippen LogP contribution in [0.3, 0.4) is 0 Å². The Balaban J connectivity index is 1.64. The molecule has 0 saturated carbocycles. The number of hydrogen-bond donors (Lipinski definition) is 1. The van der Waals surface area contributed by atoms with Crippen LogP contribution in [0, 0.1) is 0 Å². The van der Waals surface area contributed by atoms with E-state index in [-0.39, 0.29) is 17.9 Å². The summed E-state index contributed by atoms with van der Waals surface area (Å²) in [4.78, 5) is 2.18. The Kier molecular flexibility index (Phi) is 12.4. The van der Waals surface area contributed by atoms with E-state index in [9.17, 15) is 18.3 Å². The molecule has 0 radical (unpaired) electrons. The fourth-order valence-corrected chi connectivity index (χ4v) is 5.74. The zero-order valence-electron chi connectivity index (χ0n) is 26.1. The Morgan fingerprint density at radius 3 is 1.80 bits per heavy atom. The second kappa shape index (κ2) is 15.2. The average Bonchev–Trinajstić information content (AvgIpc) is 2.94. The van der Waals surface area contributed by atoms with E-state index in [0.29, 0.717) is 34.5 Å². The summed E-state index contributed by atoms with van der Waals surface area (Å²) in [5.74, 6) is -0.368. The summed E-state index contributed by atoms with van der Waals surface area (Å²) >= 11 is 12.2. The summed E-state index contributed by atoms with van der Waals surface area (Å²) in [5, 5.41) is 10.8. The van der Waals surface area contributed by atoms with Gasteiger partial charge in [-0.25, -0.2) is 0 Å². The number of likely N-dealkylation sites (N-methyl/N-ethyl adjacent to an activating group) is 1. The van der Waals surface area contributed by atoms with Gasteiger partial charge in [0.15, 0.2) is 5.76 Å². The summed E-state index contributed by atoms with van der Waals surface area (Å²) < 4.78 is 53.8. The van der Waals surface area contributed by atoms with Crippen LogP contribution < -0.4 is 4.74 Å². The molecule has 44 heavy (non-hydrogen) atoms. The fraction of sp³-hybridized carbons (Fsp3) is 0.412. The average molecular weight is 669 g/mol. The molecule has 0 unspecified atom stereocenters. The van der Waals surface area contributed by atoms with E-state index in [4.69, 9.17) is 32.4 Å². The molecule has 0 atom stereocenters. The summed E-state index contributed by atoms with van der Waals surface area (Å²) in [5.41, 5.74) is 2.71. The van der Waals surface area contributed by atoms with Crippen LogP contribution in [0.4, 0.5) is 13.2 Å². The lowest BCUT2D eigenvalue weighted by Gasteiger charge is -2.38. The van der Waals surface area contributed by atoms with Crippen molar-refractivity contribution >= 4 is 31.5 Å². The largest absolute Gasteiger partial charge is 0.540 e. The highest BCUT2D eigenvalue weighted by Crippen LogP contribution is 2.42. The third kappa shape index (κ3) is 10.3. The van der Waals surface area contributed by atoms with E-state index < -0.39 is 31.9 Å². The molecule has 3 aromatic carbocycles. The third-order valence-corrected chi connectivity index (χ3v) is 12.9. The highest BCUT2D eigenvalue weighted by molar-refractivity contribution is 6.74. The highest BCUT2D eigenvalue weighted by atomic mass is 35.5. The second-order valence-electron chi connectivity index (χ2n) is 12.5. The Morgan fingerprint density at radius 1 is 0.864 bits per heavy atom. The molecule has 0 bridgehead atoms. The molecule has 0 amide bonds. The lowest BCUT2D eigenvalue weighted by Crippen LogP contribution is -2.43. The normalized spacial score (nSPS) is 13.3. The number of ether oxygens (including phenoxy) is 1. The van der Waals surface area contributed by atoms with Crippen molar-refractivity contribution in [2.75, 3.05) is 33.4 Å². The number of allylic oxidation sites excluding steroid dienone is 1. The van der Waals surface area contributed by atoms with E-state index in [0.717, 1.165) is 17.7 Å². The van der Waals surface area contributed by atoms with Crippen molar-refractivity contribution in [3.63, 3.8) is 0 Å². The van der Waals surface area contributed by atoms with Crippen molar-refractivity contribution in [1.29, 1.82) is 0 Å². The van der Waals surface area contributed by atoms with Crippen LogP contribution in [0.2, 0.25) is 28.2 Å². The predicted octanol–water partition coefficient (Wildman–Crippen LogP) is 9.51. The Bertz CT molecular complexity index is 1330. The molecule has 10 heteroatoms. The molecule has 3 aromatic rings. The molecule has 0 aromatic heterocycles. The molecule has 0 fully saturated rings. The maximum absolute atomic E-state index is 14.0. The van der Waals surface area contributed by atoms with Crippen LogP contribution in [0.1, 0.15) is 43.4 Å². The molecule has 0 aliphatic heterocycles. The van der Waals surface area contributed by atoms with Gasteiger partial charge in [-0.15, -0.1) is 0 Å². The van der Waals surface area contributed by atoms with Crippen molar-refractivity contribution in [1.82, 2.24) is 4.90 Å². The van der Waals surface area contributed by atoms with Crippen LogP contribution in [0.15, 0.2) is 84.1 Å². The van der Waals surface area contributed by atoms with Crippen LogP contribution in [0.25, 0.3) is 0 Å². The number of nitrogens with zero attached hydrogens (tertiary/aromatic N) is 1. The van der Waals surface area contributed by atoms with Gasteiger partial charge in [-0.3, -0.25) is 0 Å². The number of rotatable bonds is 13. The topological polar surface area (TPSA) is 41.9 Å². The number of halogens is 5. The summed E-state index contributed by atoms with van der Waals surface area (Å²) in [6, 6.07) is 22.6. The van der Waals surface area contributed by atoms with E-state index in [1.165, 1.54) is 0 Å². The molecule has 1 N–H and O–H groups in total. The standard InChI is InChI=1S/C34H42Cl2F3NO3Si/c1-33(2,3)44(5,6)43-32(34(37,38)39)27(23-41)21-24-7-17-30(18-8-24)42-20-19-40(4)22-31(25-9-13-28(35)14-10-25)26-11-15-29(36)16-12-26/h7-18,31,41H,19-23H2,1-6H3/b32-27+. The zero-order valence-corrected chi connectivity index (χ0v) is 28.7. The van der Waals surface area contributed by atoms with Gasteiger partial charge in [0.1, 0.15) is 12.4 Å². The molecule has 0 aliphatic rings. The van der Waals surface area contributed by atoms with Crippen LogP contribution >= 0.6 is 23.2 Å². The van der Waals surface area contributed by atoms with Crippen LogP contribution in [-0.2, 0) is 10.8 Å². The van der Waals surface area contributed by atoms with E-state index in [1.807, 2.05) is 76.3 Å². The number of benzene rings is 3. The Morgan fingerprint density at radius 2 is 1.36 bits per heavy atom. The first-order valence-electron chi connectivity index (χ1n) is 14.5. The minimum Gasteiger partial charge on any atom is -0.540 e. The van der Waals surface area contributed by atoms with Crippen LogP contribution in [-0.4, -0.2) is 57.9 Å². The number of alkyl halides is 3. The Hall–Kier alpha value is -2.49. The summed E-state index contributed by atoms with van der Waals surface area (Å²) in [7, 11) is -0.759. The highest BCUT2D eigenvalue weighted by Gasteiger charge is 2.46. The first-order chi connectivity index (χ1) is 20.5. The molecular weight excluding hydrogens is 626 g/mol. The van der Waals surface area contributed by atoms with Crippen molar-refractivity contribution in [3.05, 3.63) is 111 Å². The van der Waals surface area contributed by atoms with Gasteiger partial charge in [0.05, 0.1) is 6.61 Å². The minimum absolute atomic E-state index is 0.0836. The van der Waals surface area contributed by atoms with E-state index >= 15 is 0 Å². The summed E-state index contributed by atoms with van der Waals surface area (Å²) in [6.07, 6.45) is -4.79. The fourth-order valence-electron chi connectivity index (χ4n) is 4.41. The van der Waals surface area contributed by atoms with E-state index in [2.05, 4.69) is 4.90 Å². The molecule has 3 rings (SSSR count). The van der Waals surface area contributed by atoms with Crippen molar-refractivity contribution < 1.29 is 27.4 Å². The van der Waals surface area contributed by atoms with Gasteiger partial charge in [-0.05, 0) is 84.7 Å². The zero-order chi connectivity index (χ0) is 32.7. The molecule has 0 heterocycles. The SMILES string of the molecule is CN(CCOc1ccc(C/C(CO)=C(\O[Si](C)(C)C(C)(C)C)C(F)(F)F)cc1)CC(c1ccc(Cl)cc1)c1ccc(Cl)cc1. The minimum atomic E-state index is -4.71. The van der Waals surface area contributed by atoms with Gasteiger partial charge in [0, 0.05) is 34.6 Å². The van der Waals surface area contributed by atoms with Gasteiger partial charge in [0.2, 0.25) is 8.32 Å². The maximum Gasteiger partial charge on any atom is 0.447 e. The third-order valence-electron chi connectivity index (χ3n) is 8.05. The molecule has 0 saturated heterocycles. The number of hydrogen-bond acceptors (Lipinski definition) is 4. The maximum atomic E-state index is 14.0.